The van der Waals surface area contributed by atoms with Gasteiger partial charge in [-0.1, -0.05) is 52.9 Å². The maximum absolute atomic E-state index is 10.4. The van der Waals surface area contributed by atoms with Crippen LogP contribution in [0.3, 0.4) is 0 Å². The van der Waals surface area contributed by atoms with Gasteiger partial charge in [0.2, 0.25) is 0 Å². The molecular weight excluding hydrogens is 314 g/mol. The summed E-state index contributed by atoms with van der Waals surface area (Å²) in [5.41, 5.74) is 0.555. The second-order valence-corrected chi connectivity index (χ2v) is 6.45. The molecule has 0 spiro atoms. The Kier molecular flexibility index (Phi) is 5.07. The molecule has 0 aliphatic heterocycles. The lowest BCUT2D eigenvalue weighted by atomic mass is 9.85. The van der Waals surface area contributed by atoms with Crippen molar-refractivity contribution < 1.29 is 5.11 Å². The van der Waals surface area contributed by atoms with Crippen LogP contribution in [0.25, 0.3) is 0 Å². The van der Waals surface area contributed by atoms with Gasteiger partial charge in [-0.25, -0.2) is 0 Å². The van der Waals surface area contributed by atoms with Crippen LogP contribution in [-0.2, 0) is 6.54 Å². The maximum atomic E-state index is 10.4. The third-order valence-corrected chi connectivity index (χ3v) is 4.41. The number of rotatable bonds is 4. The van der Waals surface area contributed by atoms with Gasteiger partial charge in [-0.15, -0.1) is 0 Å². The van der Waals surface area contributed by atoms with E-state index in [1.54, 1.807) is 0 Å². The topological polar surface area (TPSA) is 32.3 Å². The number of nitrogens with one attached hydrogen (secondary N) is 1. The molecule has 2 nitrogen and oxygen atoms in total. The van der Waals surface area contributed by atoms with E-state index in [0.717, 1.165) is 40.7 Å². The summed E-state index contributed by atoms with van der Waals surface area (Å²) in [6.07, 6.45) is 5.34. The maximum Gasteiger partial charge on any atom is 0.0771 e. The molecule has 1 aromatic carbocycles. The Morgan fingerprint density at radius 3 is 2.67 bits per heavy atom. The highest BCUT2D eigenvalue weighted by Crippen LogP contribution is 2.27. The zero-order valence-corrected chi connectivity index (χ0v) is 12.7. The molecule has 0 radical (unpaired) electrons. The molecule has 4 heteroatoms. The third-order valence-electron chi connectivity index (χ3n) is 3.57. The van der Waals surface area contributed by atoms with Crippen molar-refractivity contribution in [2.45, 2.75) is 44.2 Å². The van der Waals surface area contributed by atoms with E-state index in [1.807, 2.05) is 18.2 Å². The predicted molar refractivity (Wildman–Crippen MR) is 78.9 cm³/mol. The molecule has 1 aliphatic carbocycles. The molecule has 1 aliphatic rings. The van der Waals surface area contributed by atoms with E-state index in [9.17, 15) is 5.11 Å². The van der Waals surface area contributed by atoms with Gasteiger partial charge in [-0.05, 0) is 30.5 Å². The fourth-order valence-electron chi connectivity index (χ4n) is 2.48. The van der Waals surface area contributed by atoms with Crippen LogP contribution >= 0.6 is 27.5 Å². The van der Waals surface area contributed by atoms with E-state index < -0.39 is 5.60 Å². The average Bonchev–Trinajstić information content (AvgIpc) is 2.33. The molecule has 1 aromatic rings. The van der Waals surface area contributed by atoms with Gasteiger partial charge in [0, 0.05) is 22.6 Å². The number of hydrogen-bond donors (Lipinski definition) is 2. The third kappa shape index (κ3) is 3.95. The second-order valence-electron chi connectivity index (χ2n) is 5.12. The molecule has 0 aromatic heterocycles. The van der Waals surface area contributed by atoms with Crippen LogP contribution in [-0.4, -0.2) is 17.3 Å². The molecule has 18 heavy (non-hydrogen) atoms. The van der Waals surface area contributed by atoms with E-state index in [0.29, 0.717) is 13.1 Å². The Morgan fingerprint density at radius 1 is 1.28 bits per heavy atom. The summed E-state index contributed by atoms with van der Waals surface area (Å²) in [6, 6.07) is 5.89. The van der Waals surface area contributed by atoms with E-state index in [2.05, 4.69) is 21.2 Å². The molecule has 2 N–H and O–H groups in total. The van der Waals surface area contributed by atoms with Crippen molar-refractivity contribution in [1.29, 1.82) is 0 Å². The SMILES string of the molecule is OC1(CNCc2ccc(Br)cc2Cl)CCCCC1. The van der Waals surface area contributed by atoms with Crippen LogP contribution in [0, 0.1) is 0 Å². The minimum atomic E-state index is -0.514. The predicted octanol–water partition coefficient (Wildman–Crippen LogP) is 3.89. The van der Waals surface area contributed by atoms with Gasteiger partial charge in [-0.3, -0.25) is 0 Å². The Morgan fingerprint density at radius 2 is 2.00 bits per heavy atom. The highest BCUT2D eigenvalue weighted by molar-refractivity contribution is 9.10. The largest absolute Gasteiger partial charge is 0.389 e. The number of hydrogen-bond acceptors (Lipinski definition) is 2. The quantitative estimate of drug-likeness (QED) is 0.877. The van der Waals surface area contributed by atoms with Gasteiger partial charge in [0.15, 0.2) is 0 Å². The lowest BCUT2D eigenvalue weighted by Gasteiger charge is -2.32. The fourth-order valence-corrected chi connectivity index (χ4v) is 3.22. The van der Waals surface area contributed by atoms with Gasteiger partial charge in [-0.2, -0.15) is 0 Å². The van der Waals surface area contributed by atoms with E-state index in [-0.39, 0.29) is 0 Å². The molecule has 1 saturated carbocycles. The first-order chi connectivity index (χ1) is 8.59. The number of aliphatic hydroxyl groups is 1. The molecule has 0 amide bonds. The summed E-state index contributed by atoms with van der Waals surface area (Å²) >= 11 is 9.54. The highest BCUT2D eigenvalue weighted by Gasteiger charge is 2.28. The second kappa shape index (κ2) is 6.38. The van der Waals surface area contributed by atoms with Crippen LogP contribution in [0.15, 0.2) is 22.7 Å². The smallest absolute Gasteiger partial charge is 0.0771 e. The Bertz CT molecular complexity index is 405. The van der Waals surface area contributed by atoms with Crippen molar-refractivity contribution in [3.63, 3.8) is 0 Å². The van der Waals surface area contributed by atoms with Crippen molar-refractivity contribution in [3.05, 3.63) is 33.3 Å². The summed E-state index contributed by atoms with van der Waals surface area (Å²) in [7, 11) is 0. The molecule has 0 bridgehead atoms. The van der Waals surface area contributed by atoms with E-state index >= 15 is 0 Å². The summed E-state index contributed by atoms with van der Waals surface area (Å²) in [5.74, 6) is 0. The summed E-state index contributed by atoms with van der Waals surface area (Å²) in [6.45, 7) is 1.35. The molecule has 0 saturated heterocycles. The normalized spacial score (nSPS) is 18.8. The first-order valence-corrected chi connectivity index (χ1v) is 7.63. The highest BCUT2D eigenvalue weighted by atomic mass is 79.9. The molecule has 0 atom stereocenters. The first kappa shape index (κ1) is 14.3. The summed E-state index contributed by atoms with van der Waals surface area (Å²) in [5, 5.41) is 14.4. The zero-order chi connectivity index (χ0) is 13.0. The molecule has 0 heterocycles. The van der Waals surface area contributed by atoms with Gasteiger partial charge in [0.1, 0.15) is 0 Å². The summed E-state index contributed by atoms with van der Waals surface area (Å²) < 4.78 is 0.988. The van der Waals surface area contributed by atoms with Crippen LogP contribution in [0.1, 0.15) is 37.7 Å². The Balaban J connectivity index is 1.84. The fraction of sp³-hybridized carbons (Fsp3) is 0.571. The number of benzene rings is 1. The molecule has 2 rings (SSSR count). The van der Waals surface area contributed by atoms with Crippen LogP contribution < -0.4 is 5.32 Å². The van der Waals surface area contributed by atoms with Crippen molar-refractivity contribution >= 4 is 27.5 Å². The minimum Gasteiger partial charge on any atom is -0.389 e. The first-order valence-electron chi connectivity index (χ1n) is 6.46. The Hall–Kier alpha value is -0.0900. The van der Waals surface area contributed by atoms with Gasteiger partial charge >= 0.3 is 0 Å². The monoisotopic (exact) mass is 331 g/mol. The molecule has 1 fully saturated rings. The zero-order valence-electron chi connectivity index (χ0n) is 10.4. The van der Waals surface area contributed by atoms with Crippen molar-refractivity contribution in [1.82, 2.24) is 5.32 Å². The lowest BCUT2D eigenvalue weighted by Crippen LogP contribution is -2.41. The van der Waals surface area contributed by atoms with Crippen LogP contribution in [0.4, 0.5) is 0 Å². The lowest BCUT2D eigenvalue weighted by molar-refractivity contribution is 0.00468. The van der Waals surface area contributed by atoms with Crippen LogP contribution in [0.2, 0.25) is 5.02 Å². The molecular formula is C14H19BrClNO. The number of halogens is 2. The van der Waals surface area contributed by atoms with Gasteiger partial charge in [0.25, 0.3) is 0 Å². The minimum absolute atomic E-state index is 0.514. The standard InChI is InChI=1S/C14H19BrClNO/c15-12-5-4-11(13(16)8-12)9-17-10-14(18)6-2-1-3-7-14/h4-5,8,17-18H,1-3,6-7,9-10H2. The van der Waals surface area contributed by atoms with E-state index in [1.165, 1.54) is 6.42 Å². The average molecular weight is 333 g/mol. The molecule has 0 unspecified atom stereocenters. The van der Waals surface area contributed by atoms with Gasteiger partial charge in [0.05, 0.1) is 5.60 Å². The Labute approximate surface area is 122 Å². The molecule has 100 valence electrons. The summed E-state index contributed by atoms with van der Waals surface area (Å²) in [4.78, 5) is 0. The van der Waals surface area contributed by atoms with Gasteiger partial charge < -0.3 is 10.4 Å². The van der Waals surface area contributed by atoms with Crippen LogP contribution in [0.5, 0.6) is 0 Å². The van der Waals surface area contributed by atoms with Crippen molar-refractivity contribution in [3.8, 4) is 0 Å². The van der Waals surface area contributed by atoms with Crippen molar-refractivity contribution in [2.75, 3.05) is 6.54 Å². The van der Waals surface area contributed by atoms with Crippen molar-refractivity contribution in [2.24, 2.45) is 0 Å². The van der Waals surface area contributed by atoms with E-state index in [4.69, 9.17) is 11.6 Å².